The van der Waals surface area contributed by atoms with Crippen molar-refractivity contribution in [1.29, 1.82) is 0 Å². The molecule has 5 nitrogen and oxygen atoms in total. The molecule has 0 radical (unpaired) electrons. The Morgan fingerprint density at radius 1 is 1.48 bits per heavy atom. The second-order valence-corrected chi connectivity index (χ2v) is 6.95. The molecule has 0 amide bonds. The van der Waals surface area contributed by atoms with Gasteiger partial charge in [-0.25, -0.2) is 0 Å². The maximum atomic E-state index is 5.68. The van der Waals surface area contributed by atoms with Crippen LogP contribution in [0.3, 0.4) is 0 Å². The highest BCUT2D eigenvalue weighted by Crippen LogP contribution is 2.18. The first-order valence-electron chi connectivity index (χ1n) is 9.03. The Labute approximate surface area is 173 Å². The molecule has 1 aliphatic heterocycles. The minimum Gasteiger partial charge on any atom is -0.379 e. The lowest BCUT2D eigenvalue weighted by Gasteiger charge is -2.14. The van der Waals surface area contributed by atoms with Crippen molar-refractivity contribution >= 4 is 41.3 Å². The predicted molar refractivity (Wildman–Crippen MR) is 117 cm³/mol. The van der Waals surface area contributed by atoms with Crippen LogP contribution in [0.25, 0.3) is 0 Å². The summed E-state index contributed by atoms with van der Waals surface area (Å²) in [6.45, 7) is 9.21. The van der Waals surface area contributed by atoms with E-state index in [-0.39, 0.29) is 24.0 Å². The van der Waals surface area contributed by atoms with Crippen molar-refractivity contribution in [3.8, 4) is 0 Å². The van der Waals surface area contributed by atoms with E-state index in [1.165, 1.54) is 12.0 Å². The summed E-state index contributed by atoms with van der Waals surface area (Å²) in [7, 11) is 0. The number of aliphatic imine (C=N–C) groups is 1. The molecule has 0 saturated carbocycles. The molecule has 0 aromatic carbocycles. The van der Waals surface area contributed by atoms with Gasteiger partial charge in [0.2, 0.25) is 0 Å². The van der Waals surface area contributed by atoms with Crippen LogP contribution in [0, 0.1) is 0 Å². The topological polar surface area (TPSA) is 54.9 Å². The predicted octanol–water partition coefficient (Wildman–Crippen LogP) is 3.61. The zero-order valence-corrected chi connectivity index (χ0v) is 18.5. The molecule has 25 heavy (non-hydrogen) atoms. The summed E-state index contributed by atoms with van der Waals surface area (Å²) in [5.41, 5.74) is 1.36. The number of thiophene rings is 1. The fourth-order valence-electron chi connectivity index (χ4n) is 2.60. The summed E-state index contributed by atoms with van der Waals surface area (Å²) in [5, 5.41) is 11.0. The maximum absolute atomic E-state index is 5.68. The summed E-state index contributed by atoms with van der Waals surface area (Å²) >= 11 is 1.74. The van der Waals surface area contributed by atoms with Crippen LogP contribution in [0.1, 0.15) is 44.6 Å². The molecule has 1 aromatic rings. The first-order valence-corrected chi connectivity index (χ1v) is 9.97. The number of hydrogen-bond acceptors (Lipinski definition) is 4. The summed E-state index contributed by atoms with van der Waals surface area (Å²) in [6.07, 6.45) is 3.59. The number of halogens is 1. The third-order valence-corrected chi connectivity index (χ3v) is 4.77. The molecule has 2 heterocycles. The minimum absolute atomic E-state index is 0. The van der Waals surface area contributed by atoms with Gasteiger partial charge in [0, 0.05) is 38.8 Å². The maximum Gasteiger partial charge on any atom is 0.191 e. The molecule has 1 fully saturated rings. The van der Waals surface area contributed by atoms with E-state index in [0.717, 1.165) is 58.3 Å². The molecular formula is C18H32IN3O2S. The number of nitrogens with one attached hydrogen (secondary N) is 2. The van der Waals surface area contributed by atoms with Gasteiger partial charge in [-0.05, 0) is 48.6 Å². The van der Waals surface area contributed by atoms with Crippen molar-refractivity contribution < 1.29 is 9.47 Å². The smallest absolute Gasteiger partial charge is 0.191 e. The van der Waals surface area contributed by atoms with Crippen LogP contribution in [0.2, 0.25) is 0 Å². The molecule has 2 atom stereocenters. The lowest BCUT2D eigenvalue weighted by Crippen LogP contribution is -2.38. The normalized spacial score (nSPS) is 18.6. The fourth-order valence-corrected chi connectivity index (χ4v) is 3.38. The van der Waals surface area contributed by atoms with Crippen LogP contribution in [0.4, 0.5) is 0 Å². The standard InChI is InChI=1S/C18H31N3O2S.HI/c1-3-19-18(21-12-15(2)16-7-11-24-14-16)20-8-5-9-22-13-17-6-4-10-23-17;/h7,11,14-15,17H,3-6,8-10,12-13H2,1-2H3,(H2,19,20,21);1H. The van der Waals surface area contributed by atoms with E-state index in [1.54, 1.807) is 11.3 Å². The molecule has 0 bridgehead atoms. The van der Waals surface area contributed by atoms with Gasteiger partial charge >= 0.3 is 0 Å². The first-order chi connectivity index (χ1) is 11.8. The SMILES string of the molecule is CCNC(=NCC(C)c1ccsc1)NCCCOCC1CCCO1.I. The summed E-state index contributed by atoms with van der Waals surface area (Å²) < 4.78 is 11.2. The largest absolute Gasteiger partial charge is 0.379 e. The van der Waals surface area contributed by atoms with Crippen molar-refractivity contribution in [3.05, 3.63) is 22.4 Å². The Bertz CT molecular complexity index is 465. The molecular weight excluding hydrogens is 449 g/mol. The molecule has 2 unspecified atom stereocenters. The van der Waals surface area contributed by atoms with Crippen LogP contribution in [-0.4, -0.2) is 51.5 Å². The van der Waals surface area contributed by atoms with Crippen molar-refractivity contribution in [2.45, 2.75) is 45.1 Å². The molecule has 2 rings (SSSR count). The number of hydrogen-bond donors (Lipinski definition) is 2. The van der Waals surface area contributed by atoms with Crippen LogP contribution >= 0.6 is 35.3 Å². The second kappa shape index (κ2) is 13.8. The van der Waals surface area contributed by atoms with Crippen LogP contribution in [-0.2, 0) is 9.47 Å². The molecule has 1 aromatic heterocycles. The van der Waals surface area contributed by atoms with Gasteiger partial charge < -0.3 is 20.1 Å². The van der Waals surface area contributed by atoms with E-state index in [0.29, 0.717) is 12.0 Å². The van der Waals surface area contributed by atoms with Crippen molar-refractivity contribution in [2.24, 2.45) is 4.99 Å². The van der Waals surface area contributed by atoms with Crippen molar-refractivity contribution in [1.82, 2.24) is 10.6 Å². The van der Waals surface area contributed by atoms with Crippen LogP contribution in [0.5, 0.6) is 0 Å². The Morgan fingerprint density at radius 2 is 2.36 bits per heavy atom. The van der Waals surface area contributed by atoms with Crippen LogP contribution < -0.4 is 10.6 Å². The van der Waals surface area contributed by atoms with Gasteiger partial charge in [-0.2, -0.15) is 11.3 Å². The van der Waals surface area contributed by atoms with E-state index < -0.39 is 0 Å². The van der Waals surface area contributed by atoms with Gasteiger partial charge in [0.15, 0.2) is 5.96 Å². The number of guanidine groups is 1. The third kappa shape index (κ3) is 9.21. The average molecular weight is 481 g/mol. The zero-order valence-electron chi connectivity index (χ0n) is 15.3. The highest BCUT2D eigenvalue weighted by atomic mass is 127. The fraction of sp³-hybridized carbons (Fsp3) is 0.722. The Kier molecular flexibility index (Phi) is 12.5. The lowest BCUT2D eigenvalue weighted by atomic mass is 10.1. The number of ether oxygens (including phenoxy) is 2. The van der Waals surface area contributed by atoms with Crippen LogP contribution in [0.15, 0.2) is 21.8 Å². The van der Waals surface area contributed by atoms with E-state index in [9.17, 15) is 0 Å². The van der Waals surface area contributed by atoms with Gasteiger partial charge in [-0.3, -0.25) is 4.99 Å². The number of rotatable bonds is 10. The Hall–Kier alpha value is -0.380. The van der Waals surface area contributed by atoms with Gasteiger partial charge in [0.05, 0.1) is 12.7 Å². The highest BCUT2D eigenvalue weighted by molar-refractivity contribution is 14.0. The van der Waals surface area contributed by atoms with Gasteiger partial charge in [0.25, 0.3) is 0 Å². The monoisotopic (exact) mass is 481 g/mol. The lowest BCUT2D eigenvalue weighted by molar-refractivity contribution is 0.0168. The number of nitrogens with zero attached hydrogens (tertiary/aromatic N) is 1. The van der Waals surface area contributed by atoms with E-state index in [1.807, 2.05) is 0 Å². The molecule has 0 aliphatic carbocycles. The van der Waals surface area contributed by atoms with E-state index in [2.05, 4.69) is 46.3 Å². The molecule has 2 N–H and O–H groups in total. The zero-order chi connectivity index (χ0) is 17.0. The van der Waals surface area contributed by atoms with Gasteiger partial charge in [0.1, 0.15) is 0 Å². The minimum atomic E-state index is 0. The Morgan fingerprint density at radius 3 is 3.04 bits per heavy atom. The molecule has 7 heteroatoms. The molecule has 0 spiro atoms. The quantitative estimate of drug-likeness (QED) is 0.232. The summed E-state index contributed by atoms with van der Waals surface area (Å²) in [6, 6.07) is 2.18. The van der Waals surface area contributed by atoms with Crippen molar-refractivity contribution in [2.75, 3.05) is 39.5 Å². The van der Waals surface area contributed by atoms with E-state index >= 15 is 0 Å². The molecule has 1 aliphatic rings. The summed E-state index contributed by atoms with van der Waals surface area (Å²) in [4.78, 5) is 4.69. The Balaban J connectivity index is 0.00000312. The molecule has 1 saturated heterocycles. The first kappa shape index (κ1) is 22.7. The highest BCUT2D eigenvalue weighted by Gasteiger charge is 2.14. The summed E-state index contributed by atoms with van der Waals surface area (Å²) in [5.74, 6) is 1.33. The third-order valence-electron chi connectivity index (χ3n) is 4.07. The second-order valence-electron chi connectivity index (χ2n) is 6.17. The average Bonchev–Trinajstić information content (AvgIpc) is 3.28. The van der Waals surface area contributed by atoms with Gasteiger partial charge in [-0.15, -0.1) is 24.0 Å². The molecule has 144 valence electrons. The van der Waals surface area contributed by atoms with Gasteiger partial charge in [-0.1, -0.05) is 6.92 Å². The van der Waals surface area contributed by atoms with Crippen molar-refractivity contribution in [3.63, 3.8) is 0 Å². The van der Waals surface area contributed by atoms with E-state index in [4.69, 9.17) is 9.47 Å².